The molecule has 1 aliphatic heterocycles. The number of benzene rings is 1. The fraction of sp³-hybridized carbons (Fsp3) is 0.333. The molecule has 0 aliphatic carbocycles. The van der Waals surface area contributed by atoms with Crippen LogP contribution in [-0.4, -0.2) is 39.7 Å². The summed E-state index contributed by atoms with van der Waals surface area (Å²) >= 11 is 0. The van der Waals surface area contributed by atoms with Gasteiger partial charge in [0.2, 0.25) is 0 Å². The molecule has 21 heavy (non-hydrogen) atoms. The number of nitrogens with zero attached hydrogens (tertiary/aromatic N) is 2. The van der Waals surface area contributed by atoms with Gasteiger partial charge in [-0.05, 0) is 25.5 Å². The molecule has 1 aliphatic rings. The average molecular weight is 286 g/mol. The Hall–Kier alpha value is -2.34. The monoisotopic (exact) mass is 286 g/mol. The summed E-state index contributed by atoms with van der Waals surface area (Å²) in [7, 11) is 0. The van der Waals surface area contributed by atoms with E-state index in [0.717, 1.165) is 12.0 Å². The smallest absolute Gasteiger partial charge is 0.272 e. The minimum Gasteiger partial charge on any atom is -0.336 e. The summed E-state index contributed by atoms with van der Waals surface area (Å²) in [5.41, 5.74) is 7.69. The van der Waals surface area contributed by atoms with Gasteiger partial charge < -0.3 is 10.6 Å². The third-order valence-corrected chi connectivity index (χ3v) is 3.75. The van der Waals surface area contributed by atoms with Crippen molar-refractivity contribution in [3.8, 4) is 5.69 Å². The van der Waals surface area contributed by atoms with Crippen molar-refractivity contribution in [3.05, 3.63) is 51.9 Å². The fourth-order valence-electron chi connectivity index (χ4n) is 2.53. The molecule has 1 atom stereocenters. The van der Waals surface area contributed by atoms with Crippen LogP contribution in [0.2, 0.25) is 0 Å². The number of H-pyrrole nitrogens is 1. The van der Waals surface area contributed by atoms with Crippen LogP contribution >= 0.6 is 0 Å². The third kappa shape index (κ3) is 2.62. The highest BCUT2D eigenvalue weighted by molar-refractivity contribution is 5.92. The third-order valence-electron chi connectivity index (χ3n) is 3.75. The maximum Gasteiger partial charge on any atom is 0.272 e. The largest absolute Gasteiger partial charge is 0.336 e. The second-order valence-corrected chi connectivity index (χ2v) is 5.48. The van der Waals surface area contributed by atoms with Gasteiger partial charge in [0, 0.05) is 25.2 Å². The molecule has 1 aromatic heterocycles. The maximum atomic E-state index is 12.3. The van der Waals surface area contributed by atoms with Crippen LogP contribution in [0.25, 0.3) is 5.69 Å². The molecule has 1 amide bonds. The average Bonchev–Trinajstić information content (AvgIpc) is 3.05. The molecule has 1 fully saturated rings. The van der Waals surface area contributed by atoms with Crippen molar-refractivity contribution in [3.63, 3.8) is 0 Å². The van der Waals surface area contributed by atoms with Gasteiger partial charge in [-0.2, -0.15) is 0 Å². The van der Waals surface area contributed by atoms with Crippen molar-refractivity contribution in [2.45, 2.75) is 19.4 Å². The van der Waals surface area contributed by atoms with Crippen LogP contribution in [0.5, 0.6) is 0 Å². The number of nitrogens with one attached hydrogen (secondary N) is 1. The van der Waals surface area contributed by atoms with Crippen molar-refractivity contribution in [1.82, 2.24) is 14.7 Å². The van der Waals surface area contributed by atoms with Gasteiger partial charge in [0.15, 0.2) is 0 Å². The lowest BCUT2D eigenvalue weighted by Crippen LogP contribution is -2.32. The number of carbonyl (C=O) groups excluding carboxylic acids is 1. The SMILES string of the molecule is Cc1ccc(-n2[nH]c(C(=O)N3CC[C@@H](N)C3)cc2=O)cc1. The lowest BCUT2D eigenvalue weighted by Gasteiger charge is -2.14. The van der Waals surface area contributed by atoms with Crippen LogP contribution in [0.3, 0.4) is 0 Å². The van der Waals surface area contributed by atoms with Crippen molar-refractivity contribution in [2.24, 2.45) is 5.73 Å². The van der Waals surface area contributed by atoms with Gasteiger partial charge in [-0.25, -0.2) is 4.68 Å². The Kier molecular flexibility index (Phi) is 3.39. The number of rotatable bonds is 2. The Balaban J connectivity index is 1.89. The number of nitrogens with two attached hydrogens (primary N) is 1. The van der Waals surface area contributed by atoms with Crippen molar-refractivity contribution < 1.29 is 4.79 Å². The molecule has 0 unspecified atom stereocenters. The molecule has 0 radical (unpaired) electrons. The Morgan fingerprint density at radius 2 is 2.05 bits per heavy atom. The van der Waals surface area contributed by atoms with Gasteiger partial charge in [-0.3, -0.25) is 14.7 Å². The van der Waals surface area contributed by atoms with E-state index < -0.39 is 0 Å². The number of carbonyl (C=O) groups is 1. The molecule has 3 rings (SSSR count). The Bertz CT molecular complexity index is 714. The zero-order valence-corrected chi connectivity index (χ0v) is 11.9. The first kappa shape index (κ1) is 13.6. The van der Waals surface area contributed by atoms with Gasteiger partial charge in [0.25, 0.3) is 11.5 Å². The zero-order chi connectivity index (χ0) is 15.0. The molecule has 3 N–H and O–H groups in total. The number of hydrogen-bond acceptors (Lipinski definition) is 3. The molecule has 1 aromatic carbocycles. The topological polar surface area (TPSA) is 84.1 Å². The lowest BCUT2D eigenvalue weighted by molar-refractivity contribution is 0.0784. The minimum absolute atomic E-state index is 0.0276. The number of likely N-dealkylation sites (tertiary alicyclic amines) is 1. The van der Waals surface area contributed by atoms with Crippen molar-refractivity contribution in [2.75, 3.05) is 13.1 Å². The Labute approximate surface area is 122 Å². The predicted octanol–water partition coefficient (Wildman–Crippen LogP) is 0.647. The molecule has 6 nitrogen and oxygen atoms in total. The first-order chi connectivity index (χ1) is 10.0. The molecule has 6 heteroatoms. The fourth-order valence-corrected chi connectivity index (χ4v) is 2.53. The summed E-state index contributed by atoms with van der Waals surface area (Å²) in [4.78, 5) is 26.1. The summed E-state index contributed by atoms with van der Waals surface area (Å²) in [5.74, 6) is -0.175. The van der Waals surface area contributed by atoms with Gasteiger partial charge in [0.05, 0.1) is 5.69 Å². The highest BCUT2D eigenvalue weighted by Crippen LogP contribution is 2.12. The van der Waals surface area contributed by atoms with Gasteiger partial charge in [-0.1, -0.05) is 17.7 Å². The molecular formula is C15H18N4O2. The normalized spacial score (nSPS) is 18.2. The molecule has 1 saturated heterocycles. The van der Waals surface area contributed by atoms with E-state index in [0.29, 0.717) is 24.5 Å². The van der Waals surface area contributed by atoms with E-state index in [4.69, 9.17) is 5.73 Å². The molecule has 0 bridgehead atoms. The van der Waals surface area contributed by atoms with E-state index >= 15 is 0 Å². The van der Waals surface area contributed by atoms with Gasteiger partial charge in [0.1, 0.15) is 5.69 Å². The Morgan fingerprint density at radius 3 is 2.67 bits per heavy atom. The number of aromatic nitrogens is 2. The van der Waals surface area contributed by atoms with Crippen LogP contribution in [0.15, 0.2) is 35.1 Å². The van der Waals surface area contributed by atoms with Gasteiger partial charge >= 0.3 is 0 Å². The molecule has 2 heterocycles. The molecule has 0 spiro atoms. The van der Waals surface area contributed by atoms with E-state index in [9.17, 15) is 9.59 Å². The second kappa shape index (κ2) is 5.21. The predicted molar refractivity (Wildman–Crippen MR) is 79.6 cm³/mol. The number of hydrogen-bond donors (Lipinski definition) is 2. The highest BCUT2D eigenvalue weighted by atomic mass is 16.2. The van der Waals surface area contributed by atoms with Crippen molar-refractivity contribution >= 4 is 5.91 Å². The van der Waals surface area contributed by atoms with Gasteiger partial charge in [-0.15, -0.1) is 0 Å². The quantitative estimate of drug-likeness (QED) is 0.850. The van der Waals surface area contributed by atoms with Crippen molar-refractivity contribution in [1.29, 1.82) is 0 Å². The summed E-state index contributed by atoms with van der Waals surface area (Å²) < 4.78 is 1.38. The summed E-state index contributed by atoms with van der Waals surface area (Å²) in [6.45, 7) is 3.15. The molecule has 0 saturated carbocycles. The number of aromatic amines is 1. The zero-order valence-electron chi connectivity index (χ0n) is 11.9. The first-order valence-electron chi connectivity index (χ1n) is 6.98. The van der Waals surface area contributed by atoms with Crippen LogP contribution in [0, 0.1) is 6.92 Å². The van der Waals surface area contributed by atoms with E-state index in [2.05, 4.69) is 5.10 Å². The van der Waals surface area contributed by atoms with E-state index in [-0.39, 0.29) is 17.5 Å². The molecule has 2 aromatic rings. The second-order valence-electron chi connectivity index (χ2n) is 5.48. The standard InChI is InChI=1S/C15H18N4O2/c1-10-2-4-12(5-3-10)19-14(20)8-13(17-19)15(21)18-7-6-11(16)9-18/h2-5,8,11,17H,6-7,9,16H2,1H3/t11-/m1/s1. The van der Waals surface area contributed by atoms with E-state index in [1.54, 1.807) is 4.90 Å². The minimum atomic E-state index is -0.245. The van der Waals surface area contributed by atoms with Crippen LogP contribution in [-0.2, 0) is 0 Å². The number of amides is 1. The molecular weight excluding hydrogens is 268 g/mol. The summed E-state index contributed by atoms with van der Waals surface area (Å²) in [5, 5.41) is 2.88. The van der Waals surface area contributed by atoms with Crippen LogP contribution in [0.1, 0.15) is 22.5 Å². The van der Waals surface area contributed by atoms with E-state index in [1.807, 2.05) is 31.2 Å². The number of aryl methyl sites for hydroxylation is 1. The van der Waals surface area contributed by atoms with Crippen LogP contribution in [0.4, 0.5) is 0 Å². The molecule has 110 valence electrons. The highest BCUT2D eigenvalue weighted by Gasteiger charge is 2.26. The summed E-state index contributed by atoms with van der Waals surface area (Å²) in [6, 6.07) is 8.89. The van der Waals surface area contributed by atoms with E-state index in [1.165, 1.54) is 10.7 Å². The maximum absolute atomic E-state index is 12.3. The van der Waals surface area contributed by atoms with Crippen LogP contribution < -0.4 is 11.3 Å². The summed E-state index contributed by atoms with van der Waals surface area (Å²) in [6.07, 6.45) is 0.800. The first-order valence-corrected chi connectivity index (χ1v) is 6.98. The Morgan fingerprint density at radius 1 is 1.33 bits per heavy atom. The lowest BCUT2D eigenvalue weighted by atomic mass is 10.2.